The minimum absolute atomic E-state index is 0.0702. The lowest BCUT2D eigenvalue weighted by molar-refractivity contribution is -0.149. The van der Waals surface area contributed by atoms with E-state index in [1.807, 2.05) is 13.8 Å². The Labute approximate surface area is 126 Å². The van der Waals surface area contributed by atoms with E-state index in [2.05, 4.69) is 10.6 Å². The molecule has 2 saturated heterocycles. The first kappa shape index (κ1) is 16.2. The van der Waals surface area contributed by atoms with E-state index < -0.39 is 6.04 Å². The van der Waals surface area contributed by atoms with Gasteiger partial charge in [0.1, 0.15) is 6.04 Å². The number of nitrogens with zero attached hydrogens (tertiary/aromatic N) is 1. The van der Waals surface area contributed by atoms with Crippen LogP contribution < -0.4 is 10.6 Å². The molecule has 0 bridgehead atoms. The number of hydrogen-bond acceptors (Lipinski definition) is 4. The van der Waals surface area contributed by atoms with Crippen LogP contribution in [0.5, 0.6) is 0 Å². The van der Waals surface area contributed by atoms with Crippen LogP contribution in [-0.4, -0.2) is 61.6 Å². The Balaban J connectivity index is 1.93. The summed E-state index contributed by atoms with van der Waals surface area (Å²) in [6.07, 6.45) is 2.63. The largest absolute Gasteiger partial charge is 0.377 e. The SMILES string of the molecule is CC(C)NC(=O)C1COCCN1C(=O)CC1CCNCC1. The molecule has 6 nitrogen and oxygen atoms in total. The highest BCUT2D eigenvalue weighted by Gasteiger charge is 2.33. The van der Waals surface area contributed by atoms with Crippen LogP contribution in [0.15, 0.2) is 0 Å². The van der Waals surface area contributed by atoms with Crippen molar-refractivity contribution < 1.29 is 14.3 Å². The number of nitrogens with one attached hydrogen (secondary N) is 2. The average Bonchev–Trinajstić information content (AvgIpc) is 2.47. The predicted octanol–water partition coefficient (Wildman–Crippen LogP) is 0.128. The normalized spacial score (nSPS) is 24.1. The molecular weight excluding hydrogens is 270 g/mol. The maximum atomic E-state index is 12.5. The minimum atomic E-state index is -0.477. The van der Waals surface area contributed by atoms with Gasteiger partial charge in [0.25, 0.3) is 0 Å². The second kappa shape index (κ2) is 7.75. The zero-order chi connectivity index (χ0) is 15.2. The highest BCUT2D eigenvalue weighted by Crippen LogP contribution is 2.19. The molecule has 0 saturated carbocycles. The van der Waals surface area contributed by atoms with Crippen molar-refractivity contribution in [1.29, 1.82) is 0 Å². The first-order valence-electron chi connectivity index (χ1n) is 7.96. The van der Waals surface area contributed by atoms with Crippen molar-refractivity contribution in [1.82, 2.24) is 15.5 Å². The molecule has 21 heavy (non-hydrogen) atoms. The van der Waals surface area contributed by atoms with Gasteiger partial charge >= 0.3 is 0 Å². The maximum Gasteiger partial charge on any atom is 0.245 e. The summed E-state index contributed by atoms with van der Waals surface area (Å²) in [6.45, 7) is 7.14. The van der Waals surface area contributed by atoms with E-state index in [0.29, 0.717) is 32.1 Å². The Morgan fingerprint density at radius 2 is 2.05 bits per heavy atom. The molecule has 0 aliphatic carbocycles. The third-order valence-corrected chi connectivity index (χ3v) is 4.10. The van der Waals surface area contributed by atoms with E-state index in [-0.39, 0.29) is 17.9 Å². The molecule has 6 heteroatoms. The zero-order valence-corrected chi connectivity index (χ0v) is 13.1. The van der Waals surface area contributed by atoms with E-state index in [9.17, 15) is 9.59 Å². The number of morpholine rings is 1. The summed E-state index contributed by atoms with van der Waals surface area (Å²) >= 11 is 0. The predicted molar refractivity (Wildman–Crippen MR) is 79.8 cm³/mol. The van der Waals surface area contributed by atoms with Crippen LogP contribution in [-0.2, 0) is 14.3 Å². The molecule has 0 radical (unpaired) electrons. The number of hydrogen-bond donors (Lipinski definition) is 2. The molecule has 2 amide bonds. The number of piperidine rings is 1. The van der Waals surface area contributed by atoms with Gasteiger partial charge in [-0.25, -0.2) is 0 Å². The average molecular weight is 297 g/mol. The molecule has 0 aromatic carbocycles. The van der Waals surface area contributed by atoms with Crippen LogP contribution in [0.25, 0.3) is 0 Å². The molecule has 1 unspecified atom stereocenters. The molecular formula is C15H27N3O3. The smallest absolute Gasteiger partial charge is 0.245 e. The van der Waals surface area contributed by atoms with Gasteiger partial charge in [-0.15, -0.1) is 0 Å². The Bertz CT molecular complexity index is 367. The van der Waals surface area contributed by atoms with Gasteiger partial charge in [-0.2, -0.15) is 0 Å². The zero-order valence-electron chi connectivity index (χ0n) is 13.1. The Morgan fingerprint density at radius 3 is 2.71 bits per heavy atom. The lowest BCUT2D eigenvalue weighted by atomic mass is 9.93. The van der Waals surface area contributed by atoms with Crippen molar-refractivity contribution in [3.8, 4) is 0 Å². The topological polar surface area (TPSA) is 70.7 Å². The van der Waals surface area contributed by atoms with E-state index in [0.717, 1.165) is 25.9 Å². The molecule has 2 rings (SSSR count). The molecule has 2 fully saturated rings. The van der Waals surface area contributed by atoms with Crippen molar-refractivity contribution in [2.45, 2.75) is 45.2 Å². The Morgan fingerprint density at radius 1 is 1.33 bits per heavy atom. The van der Waals surface area contributed by atoms with Crippen LogP contribution in [0.4, 0.5) is 0 Å². The van der Waals surface area contributed by atoms with E-state index in [1.165, 1.54) is 0 Å². The molecule has 0 spiro atoms. The minimum Gasteiger partial charge on any atom is -0.377 e. The molecule has 2 heterocycles. The van der Waals surface area contributed by atoms with Crippen LogP contribution >= 0.6 is 0 Å². The van der Waals surface area contributed by atoms with Crippen molar-refractivity contribution in [3.05, 3.63) is 0 Å². The Hall–Kier alpha value is -1.14. The summed E-state index contributed by atoms with van der Waals surface area (Å²) in [5, 5.41) is 6.19. The van der Waals surface area contributed by atoms with Crippen LogP contribution in [0, 0.1) is 5.92 Å². The fourth-order valence-corrected chi connectivity index (χ4v) is 2.95. The first-order valence-corrected chi connectivity index (χ1v) is 7.96. The second-order valence-corrected chi connectivity index (χ2v) is 6.24. The summed E-state index contributed by atoms with van der Waals surface area (Å²) in [4.78, 5) is 26.5. The van der Waals surface area contributed by atoms with Crippen molar-refractivity contribution >= 4 is 11.8 Å². The lowest BCUT2D eigenvalue weighted by Gasteiger charge is -2.36. The van der Waals surface area contributed by atoms with Crippen molar-refractivity contribution in [2.24, 2.45) is 5.92 Å². The fraction of sp³-hybridized carbons (Fsp3) is 0.867. The molecule has 0 aromatic heterocycles. The monoisotopic (exact) mass is 297 g/mol. The summed E-state index contributed by atoms with van der Waals surface area (Å²) in [5.74, 6) is 0.424. The third-order valence-electron chi connectivity index (χ3n) is 4.10. The first-order chi connectivity index (χ1) is 10.1. The number of rotatable bonds is 4. The maximum absolute atomic E-state index is 12.5. The van der Waals surface area contributed by atoms with Crippen molar-refractivity contribution in [2.75, 3.05) is 32.8 Å². The number of ether oxygens (including phenoxy) is 1. The van der Waals surface area contributed by atoms with Gasteiger partial charge in [-0.1, -0.05) is 0 Å². The molecule has 0 aromatic rings. The quantitative estimate of drug-likeness (QED) is 0.774. The molecule has 2 N–H and O–H groups in total. The van der Waals surface area contributed by atoms with Gasteiger partial charge in [-0.05, 0) is 45.7 Å². The summed E-state index contributed by atoms with van der Waals surface area (Å²) in [6, 6.07) is -0.406. The molecule has 2 aliphatic rings. The van der Waals surface area contributed by atoms with Crippen LogP contribution in [0.1, 0.15) is 33.1 Å². The third kappa shape index (κ3) is 4.68. The van der Waals surface area contributed by atoms with Gasteiger partial charge in [0, 0.05) is 19.0 Å². The van der Waals surface area contributed by atoms with Crippen LogP contribution in [0.2, 0.25) is 0 Å². The Kier molecular flexibility index (Phi) is 5.99. The number of carbonyl (C=O) groups is 2. The highest BCUT2D eigenvalue weighted by molar-refractivity contribution is 5.88. The second-order valence-electron chi connectivity index (χ2n) is 6.24. The van der Waals surface area contributed by atoms with Gasteiger partial charge in [0.15, 0.2) is 0 Å². The van der Waals surface area contributed by atoms with Gasteiger partial charge in [0.2, 0.25) is 11.8 Å². The molecule has 120 valence electrons. The molecule has 1 atom stereocenters. The number of amides is 2. The number of carbonyl (C=O) groups excluding carboxylic acids is 2. The van der Waals surface area contributed by atoms with Gasteiger partial charge in [0.05, 0.1) is 13.2 Å². The standard InChI is InChI=1S/C15H27N3O3/c1-11(2)17-15(20)13-10-21-8-7-18(13)14(19)9-12-3-5-16-6-4-12/h11-13,16H,3-10H2,1-2H3,(H,17,20). The fourth-order valence-electron chi connectivity index (χ4n) is 2.95. The van der Waals surface area contributed by atoms with E-state index in [1.54, 1.807) is 4.90 Å². The summed E-state index contributed by atoms with van der Waals surface area (Å²) in [5.41, 5.74) is 0. The van der Waals surface area contributed by atoms with E-state index >= 15 is 0 Å². The van der Waals surface area contributed by atoms with Gasteiger partial charge in [-0.3, -0.25) is 9.59 Å². The van der Waals surface area contributed by atoms with E-state index in [4.69, 9.17) is 4.74 Å². The summed E-state index contributed by atoms with van der Waals surface area (Å²) in [7, 11) is 0. The van der Waals surface area contributed by atoms with Gasteiger partial charge < -0.3 is 20.3 Å². The lowest BCUT2D eigenvalue weighted by Crippen LogP contribution is -2.57. The highest BCUT2D eigenvalue weighted by atomic mass is 16.5. The van der Waals surface area contributed by atoms with Crippen LogP contribution in [0.3, 0.4) is 0 Å². The van der Waals surface area contributed by atoms with Crippen molar-refractivity contribution in [3.63, 3.8) is 0 Å². The summed E-state index contributed by atoms with van der Waals surface area (Å²) < 4.78 is 5.39. The molecule has 2 aliphatic heterocycles.